The Balaban J connectivity index is 3.20. The lowest BCUT2D eigenvalue weighted by atomic mass is 10.0. The van der Waals surface area contributed by atoms with Gasteiger partial charge in [-0.25, -0.2) is 0 Å². The Morgan fingerprint density at radius 2 is 0.857 bits per heavy atom. The van der Waals surface area contributed by atoms with Crippen molar-refractivity contribution in [2.24, 2.45) is 0 Å². The predicted octanol–water partition coefficient (Wildman–Crippen LogP) is 10.5. The first-order chi connectivity index (χ1) is 17.2. The van der Waals surface area contributed by atoms with Crippen LogP contribution in [0.15, 0.2) is 0 Å². The number of esters is 1. The molecule has 0 aliphatic carbocycles. The number of hydrogen-bond acceptors (Lipinski definition) is 3. The molecule has 0 fully saturated rings. The van der Waals surface area contributed by atoms with Gasteiger partial charge in [-0.05, 0) is 25.7 Å². The van der Waals surface area contributed by atoms with Crippen molar-refractivity contribution in [1.29, 1.82) is 0 Å². The monoisotopic (exact) mass is 496 g/mol. The summed E-state index contributed by atoms with van der Waals surface area (Å²) in [7, 11) is 0. The van der Waals surface area contributed by atoms with Crippen molar-refractivity contribution in [2.75, 3.05) is 6.61 Å². The summed E-state index contributed by atoms with van der Waals surface area (Å²) in [6, 6.07) is 0. The van der Waals surface area contributed by atoms with Crippen molar-refractivity contribution in [1.82, 2.24) is 0 Å². The molecule has 3 heteroatoms. The molecule has 1 atom stereocenters. The van der Waals surface area contributed by atoms with Crippen LogP contribution >= 0.6 is 0 Å². The number of ether oxygens (including phenoxy) is 1. The summed E-state index contributed by atoms with van der Waals surface area (Å²) < 4.78 is 5.40. The summed E-state index contributed by atoms with van der Waals surface area (Å²) >= 11 is 0. The highest BCUT2D eigenvalue weighted by molar-refractivity contribution is 5.69. The largest absolute Gasteiger partial charge is 0.466 e. The van der Waals surface area contributed by atoms with Gasteiger partial charge in [0, 0.05) is 6.42 Å². The summed E-state index contributed by atoms with van der Waals surface area (Å²) in [5.41, 5.74) is 0. The van der Waals surface area contributed by atoms with Gasteiger partial charge in [0.2, 0.25) is 0 Å². The first kappa shape index (κ1) is 34.4. The lowest BCUT2D eigenvalue weighted by Crippen LogP contribution is -2.05. The SMILES string of the molecule is CCCCCCCCCCCCCC(=O)OCCCCCCCCCCCC(O)CCCCCC. The fraction of sp³-hybridized carbons (Fsp3) is 0.969. The Bertz CT molecular complexity index is 410. The van der Waals surface area contributed by atoms with Crippen molar-refractivity contribution in [3.8, 4) is 0 Å². The van der Waals surface area contributed by atoms with E-state index in [-0.39, 0.29) is 12.1 Å². The van der Waals surface area contributed by atoms with Crippen LogP contribution < -0.4 is 0 Å². The topological polar surface area (TPSA) is 46.5 Å². The molecule has 0 spiro atoms. The fourth-order valence-corrected chi connectivity index (χ4v) is 4.86. The van der Waals surface area contributed by atoms with Crippen LogP contribution in [-0.2, 0) is 9.53 Å². The van der Waals surface area contributed by atoms with Crippen LogP contribution in [-0.4, -0.2) is 23.8 Å². The summed E-state index contributed by atoms with van der Waals surface area (Å²) in [5, 5.41) is 10.0. The van der Waals surface area contributed by atoms with Gasteiger partial charge in [-0.2, -0.15) is 0 Å². The van der Waals surface area contributed by atoms with Crippen LogP contribution in [0.2, 0.25) is 0 Å². The molecule has 0 amide bonds. The van der Waals surface area contributed by atoms with E-state index in [1.54, 1.807) is 0 Å². The predicted molar refractivity (Wildman–Crippen MR) is 153 cm³/mol. The molecule has 1 N–H and O–H groups in total. The second-order valence-corrected chi connectivity index (χ2v) is 11.0. The first-order valence-corrected chi connectivity index (χ1v) is 16.0. The lowest BCUT2D eigenvalue weighted by Gasteiger charge is -2.10. The molecule has 3 nitrogen and oxygen atoms in total. The number of aliphatic hydroxyl groups excluding tert-OH is 1. The van der Waals surface area contributed by atoms with E-state index in [1.165, 1.54) is 141 Å². The number of carbonyl (C=O) groups is 1. The number of unbranched alkanes of at least 4 members (excludes halogenated alkanes) is 21. The number of hydrogen-bond donors (Lipinski definition) is 1. The van der Waals surface area contributed by atoms with Gasteiger partial charge in [-0.3, -0.25) is 4.79 Å². The zero-order valence-electron chi connectivity index (χ0n) is 24.1. The zero-order chi connectivity index (χ0) is 25.7. The molecule has 0 rings (SSSR count). The van der Waals surface area contributed by atoms with Gasteiger partial charge < -0.3 is 9.84 Å². The summed E-state index contributed by atoms with van der Waals surface area (Å²) in [6.45, 7) is 5.11. The van der Waals surface area contributed by atoms with Gasteiger partial charge in [-0.1, -0.05) is 155 Å². The molecular weight excluding hydrogens is 432 g/mol. The van der Waals surface area contributed by atoms with E-state index in [0.29, 0.717) is 13.0 Å². The highest BCUT2D eigenvalue weighted by Gasteiger charge is 2.04. The van der Waals surface area contributed by atoms with E-state index in [1.807, 2.05) is 0 Å². The highest BCUT2D eigenvalue weighted by atomic mass is 16.5. The minimum atomic E-state index is -0.0688. The van der Waals surface area contributed by atoms with Crippen molar-refractivity contribution in [3.05, 3.63) is 0 Å². The van der Waals surface area contributed by atoms with Crippen LogP contribution in [0.25, 0.3) is 0 Å². The Morgan fingerprint density at radius 3 is 1.31 bits per heavy atom. The van der Waals surface area contributed by atoms with Gasteiger partial charge in [0.1, 0.15) is 0 Å². The van der Waals surface area contributed by atoms with Crippen LogP contribution in [0.3, 0.4) is 0 Å². The van der Waals surface area contributed by atoms with Crippen molar-refractivity contribution in [2.45, 2.75) is 193 Å². The maximum absolute atomic E-state index is 11.8. The molecule has 0 heterocycles. The zero-order valence-corrected chi connectivity index (χ0v) is 24.1. The third-order valence-electron chi connectivity index (χ3n) is 7.32. The van der Waals surface area contributed by atoms with E-state index in [0.717, 1.165) is 25.7 Å². The molecule has 0 aliphatic rings. The van der Waals surface area contributed by atoms with E-state index >= 15 is 0 Å². The molecule has 0 aromatic heterocycles. The van der Waals surface area contributed by atoms with Crippen molar-refractivity contribution < 1.29 is 14.6 Å². The number of aliphatic hydroxyl groups is 1. The molecular formula is C32H64O3. The third kappa shape index (κ3) is 29.5. The Morgan fingerprint density at radius 1 is 0.514 bits per heavy atom. The second kappa shape index (κ2) is 29.7. The minimum Gasteiger partial charge on any atom is -0.466 e. The van der Waals surface area contributed by atoms with Gasteiger partial charge in [-0.15, -0.1) is 0 Å². The Labute approximate surface area is 220 Å². The van der Waals surface area contributed by atoms with E-state index in [9.17, 15) is 9.90 Å². The molecule has 35 heavy (non-hydrogen) atoms. The average Bonchev–Trinajstić information content (AvgIpc) is 2.85. The number of rotatable bonds is 29. The van der Waals surface area contributed by atoms with Gasteiger partial charge in [0.15, 0.2) is 0 Å². The Hall–Kier alpha value is -0.570. The normalized spacial score (nSPS) is 12.2. The minimum absolute atomic E-state index is 0.00648. The van der Waals surface area contributed by atoms with Crippen molar-refractivity contribution in [3.63, 3.8) is 0 Å². The second-order valence-electron chi connectivity index (χ2n) is 11.0. The molecule has 0 saturated carbocycles. The average molecular weight is 497 g/mol. The number of carbonyl (C=O) groups excluding carboxylic acids is 1. The van der Waals surface area contributed by atoms with Crippen molar-refractivity contribution >= 4 is 5.97 Å². The van der Waals surface area contributed by atoms with Gasteiger partial charge >= 0.3 is 5.97 Å². The molecule has 0 radical (unpaired) electrons. The molecule has 0 aromatic carbocycles. The molecule has 0 aromatic rings. The fourth-order valence-electron chi connectivity index (χ4n) is 4.86. The van der Waals surface area contributed by atoms with E-state index in [2.05, 4.69) is 13.8 Å². The van der Waals surface area contributed by atoms with E-state index < -0.39 is 0 Å². The van der Waals surface area contributed by atoms with Gasteiger partial charge in [0.25, 0.3) is 0 Å². The Kier molecular flexibility index (Phi) is 29.2. The highest BCUT2D eigenvalue weighted by Crippen LogP contribution is 2.15. The van der Waals surface area contributed by atoms with Crippen LogP contribution in [0.5, 0.6) is 0 Å². The molecule has 1 unspecified atom stereocenters. The molecule has 0 bridgehead atoms. The van der Waals surface area contributed by atoms with Crippen LogP contribution in [0.4, 0.5) is 0 Å². The van der Waals surface area contributed by atoms with Gasteiger partial charge in [0.05, 0.1) is 12.7 Å². The maximum Gasteiger partial charge on any atom is 0.305 e. The summed E-state index contributed by atoms with van der Waals surface area (Å²) in [4.78, 5) is 11.8. The third-order valence-corrected chi connectivity index (χ3v) is 7.32. The molecule has 0 saturated heterocycles. The first-order valence-electron chi connectivity index (χ1n) is 16.0. The maximum atomic E-state index is 11.8. The van der Waals surface area contributed by atoms with Crippen LogP contribution in [0.1, 0.15) is 187 Å². The molecule has 0 aliphatic heterocycles. The van der Waals surface area contributed by atoms with Crippen LogP contribution in [0, 0.1) is 0 Å². The molecule has 210 valence electrons. The summed E-state index contributed by atoms with van der Waals surface area (Å²) in [5.74, 6) is 0.00648. The standard InChI is InChI=1S/C32H64O3/c1-3-5-7-9-10-11-12-15-18-21-25-29-32(34)35-30-26-22-19-16-13-14-17-20-24-28-31(33)27-23-8-6-4-2/h31,33H,3-30H2,1-2H3. The lowest BCUT2D eigenvalue weighted by molar-refractivity contribution is -0.143. The van der Waals surface area contributed by atoms with E-state index in [4.69, 9.17) is 4.74 Å². The smallest absolute Gasteiger partial charge is 0.305 e. The summed E-state index contributed by atoms with van der Waals surface area (Å²) in [6.07, 6.45) is 33.1. The quantitative estimate of drug-likeness (QED) is 0.0827.